The zero-order valence-corrected chi connectivity index (χ0v) is 18.7. The Balaban J connectivity index is 1.49. The number of alkyl halides is 3. The van der Waals surface area contributed by atoms with Gasteiger partial charge in [-0.1, -0.05) is 29.5 Å². The summed E-state index contributed by atoms with van der Waals surface area (Å²) >= 11 is 0.630. The summed E-state index contributed by atoms with van der Waals surface area (Å²) in [5.41, 5.74) is -0.372. The molecule has 178 valence electrons. The first kappa shape index (κ1) is 23.6. The maximum Gasteiger partial charge on any atom is 0.416 e. The van der Waals surface area contributed by atoms with Gasteiger partial charge >= 0.3 is 11.0 Å². The summed E-state index contributed by atoms with van der Waals surface area (Å²) in [5, 5.41) is 2.43. The van der Waals surface area contributed by atoms with Crippen LogP contribution < -0.4 is 19.7 Å². The summed E-state index contributed by atoms with van der Waals surface area (Å²) in [4.78, 5) is 37.4. The lowest BCUT2D eigenvalue weighted by atomic mass is 10.1. The fourth-order valence-corrected chi connectivity index (χ4v) is 4.44. The molecule has 34 heavy (non-hydrogen) atoms. The van der Waals surface area contributed by atoms with Crippen LogP contribution in [-0.2, 0) is 19.3 Å². The number of ether oxygens (including phenoxy) is 2. The van der Waals surface area contributed by atoms with Crippen LogP contribution in [0.2, 0.25) is 0 Å². The Labute approximate surface area is 195 Å². The van der Waals surface area contributed by atoms with Crippen LogP contribution in [0.5, 0.6) is 11.5 Å². The van der Waals surface area contributed by atoms with E-state index in [1.807, 2.05) is 0 Å². The number of thiazole rings is 1. The van der Waals surface area contributed by atoms with Gasteiger partial charge in [0.15, 0.2) is 17.3 Å². The van der Waals surface area contributed by atoms with Crippen LogP contribution in [0.4, 0.5) is 13.2 Å². The second-order valence-corrected chi connectivity index (χ2v) is 8.45. The molecule has 1 amide bonds. The Kier molecular flexibility index (Phi) is 6.47. The first-order chi connectivity index (χ1) is 16.1. The van der Waals surface area contributed by atoms with E-state index >= 15 is 0 Å². The van der Waals surface area contributed by atoms with Gasteiger partial charge in [0.1, 0.15) is 18.1 Å². The fraction of sp³-hybridized carbons (Fsp3) is 0.261. The number of halogens is 3. The number of Topliss-reactive ketones (excluding diaryl/α,β-unsaturated/α-hetero) is 1. The van der Waals surface area contributed by atoms with Crippen LogP contribution in [0.1, 0.15) is 36.9 Å². The van der Waals surface area contributed by atoms with Crippen molar-refractivity contribution in [2.45, 2.75) is 26.2 Å². The lowest BCUT2D eigenvalue weighted by molar-refractivity contribution is -0.138. The van der Waals surface area contributed by atoms with Gasteiger partial charge in [0.25, 0.3) is 5.91 Å². The number of nitrogens with one attached hydrogen (secondary N) is 1. The molecule has 7 nitrogen and oxygen atoms in total. The molecule has 0 unspecified atom stereocenters. The lowest BCUT2D eigenvalue weighted by Crippen LogP contribution is -2.25. The van der Waals surface area contributed by atoms with Gasteiger partial charge in [-0.05, 0) is 36.8 Å². The molecular formula is C23H19F3N2O5S. The van der Waals surface area contributed by atoms with E-state index in [9.17, 15) is 27.6 Å². The summed E-state index contributed by atoms with van der Waals surface area (Å²) < 4.78 is 51.6. The summed E-state index contributed by atoms with van der Waals surface area (Å²) in [5.74, 6) is -0.100. The van der Waals surface area contributed by atoms with Crippen molar-refractivity contribution < 1.29 is 32.2 Å². The maximum atomic E-state index is 13.2. The first-order valence-electron chi connectivity index (χ1n) is 10.2. The quantitative estimate of drug-likeness (QED) is 0.529. The Morgan fingerprint density at radius 2 is 1.79 bits per heavy atom. The van der Waals surface area contributed by atoms with Crippen LogP contribution in [0.3, 0.4) is 0 Å². The number of nitrogens with zero attached hydrogens (tertiary/aromatic N) is 1. The van der Waals surface area contributed by atoms with Crippen LogP contribution in [0.15, 0.2) is 47.3 Å². The molecule has 4 rings (SSSR count). The van der Waals surface area contributed by atoms with E-state index in [0.717, 1.165) is 6.07 Å². The maximum absolute atomic E-state index is 13.2. The van der Waals surface area contributed by atoms with Crippen molar-refractivity contribution in [1.82, 2.24) is 9.88 Å². The van der Waals surface area contributed by atoms with E-state index in [4.69, 9.17) is 9.47 Å². The topological polar surface area (TPSA) is 86.6 Å². The lowest BCUT2D eigenvalue weighted by Gasteiger charge is -2.18. The standard InChI is InChI=1S/C23H19F3N2O5S/c1-13-20(21(30)27-11-15-4-2-3-5-16(15)23(24,25)26)34-22(31)28(13)12-17(29)14-6-7-18-19(10-14)33-9-8-32-18/h2-7,10H,8-9,11-12H2,1H3,(H,27,30). The second kappa shape index (κ2) is 9.34. The van der Waals surface area contributed by atoms with Gasteiger partial charge in [0.05, 0.1) is 12.1 Å². The van der Waals surface area contributed by atoms with Gasteiger partial charge in [0, 0.05) is 17.8 Å². The Morgan fingerprint density at radius 3 is 2.53 bits per heavy atom. The number of rotatable bonds is 6. The molecule has 2 heterocycles. The molecule has 0 radical (unpaired) electrons. The molecular weight excluding hydrogens is 473 g/mol. The van der Waals surface area contributed by atoms with Crippen molar-refractivity contribution in [3.05, 3.63) is 79.4 Å². The molecule has 2 aromatic carbocycles. The van der Waals surface area contributed by atoms with E-state index < -0.39 is 22.5 Å². The molecule has 0 fully saturated rings. The number of fused-ring (bicyclic) bond motifs is 1. The molecule has 1 aliphatic rings. The number of carbonyl (C=O) groups is 2. The minimum absolute atomic E-state index is 0.0319. The Bertz CT molecular complexity index is 1310. The molecule has 0 bridgehead atoms. The molecule has 1 N–H and O–H groups in total. The van der Waals surface area contributed by atoms with Crippen LogP contribution in [-0.4, -0.2) is 29.5 Å². The minimum Gasteiger partial charge on any atom is -0.486 e. The van der Waals surface area contributed by atoms with Crippen LogP contribution in [0.25, 0.3) is 0 Å². The van der Waals surface area contributed by atoms with Crippen molar-refractivity contribution >= 4 is 23.0 Å². The highest BCUT2D eigenvalue weighted by molar-refractivity contribution is 7.11. The van der Waals surface area contributed by atoms with E-state index in [-0.39, 0.29) is 35.0 Å². The third kappa shape index (κ3) is 4.84. The number of benzene rings is 2. The average molecular weight is 492 g/mol. The molecule has 1 aliphatic heterocycles. The molecule has 0 aliphatic carbocycles. The van der Waals surface area contributed by atoms with E-state index in [1.165, 1.54) is 35.8 Å². The van der Waals surface area contributed by atoms with Crippen molar-refractivity contribution in [1.29, 1.82) is 0 Å². The van der Waals surface area contributed by atoms with Crippen molar-refractivity contribution in [3.8, 4) is 11.5 Å². The SMILES string of the molecule is Cc1c(C(=O)NCc2ccccc2C(F)(F)F)sc(=O)n1CC(=O)c1ccc2c(c1)OCCO2. The molecule has 0 spiro atoms. The van der Waals surface area contributed by atoms with Gasteiger partial charge in [-0.2, -0.15) is 13.2 Å². The highest BCUT2D eigenvalue weighted by Crippen LogP contribution is 2.32. The predicted octanol–water partition coefficient (Wildman–Crippen LogP) is 3.82. The van der Waals surface area contributed by atoms with Gasteiger partial charge in [-0.25, -0.2) is 0 Å². The largest absolute Gasteiger partial charge is 0.486 e. The van der Waals surface area contributed by atoms with Gasteiger partial charge < -0.3 is 14.8 Å². The fourth-order valence-electron chi connectivity index (χ4n) is 3.53. The van der Waals surface area contributed by atoms with Crippen molar-refractivity contribution in [2.24, 2.45) is 0 Å². The number of hydrogen-bond donors (Lipinski definition) is 1. The van der Waals surface area contributed by atoms with Crippen LogP contribution in [0, 0.1) is 6.92 Å². The van der Waals surface area contributed by atoms with E-state index in [2.05, 4.69) is 5.32 Å². The normalized spacial score (nSPS) is 12.9. The van der Waals surface area contributed by atoms with Crippen molar-refractivity contribution in [3.63, 3.8) is 0 Å². The van der Waals surface area contributed by atoms with E-state index in [0.29, 0.717) is 41.6 Å². The predicted molar refractivity (Wildman–Crippen MR) is 118 cm³/mol. The number of aromatic nitrogens is 1. The van der Waals surface area contributed by atoms with Gasteiger partial charge in [0.2, 0.25) is 0 Å². The molecule has 1 aromatic heterocycles. The van der Waals surface area contributed by atoms with Gasteiger partial charge in [-0.3, -0.25) is 19.0 Å². The Morgan fingerprint density at radius 1 is 1.09 bits per heavy atom. The number of amides is 1. The molecule has 11 heteroatoms. The zero-order chi connectivity index (χ0) is 24.5. The van der Waals surface area contributed by atoms with E-state index in [1.54, 1.807) is 12.1 Å². The van der Waals surface area contributed by atoms with Crippen LogP contribution >= 0.6 is 11.3 Å². The Hall–Kier alpha value is -3.60. The smallest absolute Gasteiger partial charge is 0.416 e. The number of carbonyl (C=O) groups excluding carboxylic acids is 2. The summed E-state index contributed by atoms with van der Waals surface area (Å²) in [6, 6.07) is 9.64. The van der Waals surface area contributed by atoms with Gasteiger partial charge in [-0.15, -0.1) is 0 Å². The summed E-state index contributed by atoms with van der Waals surface area (Å²) in [6.45, 7) is 1.62. The zero-order valence-electron chi connectivity index (χ0n) is 17.9. The number of ketones is 1. The molecule has 0 saturated carbocycles. The minimum atomic E-state index is -4.56. The highest BCUT2D eigenvalue weighted by atomic mass is 32.1. The highest BCUT2D eigenvalue weighted by Gasteiger charge is 2.33. The number of hydrogen-bond acceptors (Lipinski definition) is 6. The molecule has 3 aromatic rings. The third-order valence-corrected chi connectivity index (χ3v) is 6.36. The summed E-state index contributed by atoms with van der Waals surface area (Å²) in [7, 11) is 0. The molecule has 0 saturated heterocycles. The third-order valence-electron chi connectivity index (χ3n) is 5.28. The monoisotopic (exact) mass is 492 g/mol. The molecule has 0 atom stereocenters. The second-order valence-electron chi connectivity index (χ2n) is 7.49. The average Bonchev–Trinajstić information content (AvgIpc) is 3.10. The first-order valence-corrected chi connectivity index (χ1v) is 11.0. The van der Waals surface area contributed by atoms with Crippen molar-refractivity contribution in [2.75, 3.05) is 13.2 Å². The summed E-state index contributed by atoms with van der Waals surface area (Å²) in [6.07, 6.45) is -4.56.